The Hall–Kier alpha value is -1.26. The third-order valence-corrected chi connectivity index (χ3v) is 4.43. The smallest absolute Gasteiger partial charge is 0.160 e. The maximum absolute atomic E-state index is 10.9. The number of hydrogen-bond acceptors (Lipinski definition) is 4. The van der Waals surface area contributed by atoms with Crippen LogP contribution in [-0.2, 0) is 6.42 Å². The van der Waals surface area contributed by atoms with Crippen LogP contribution in [0.3, 0.4) is 0 Å². The van der Waals surface area contributed by atoms with Gasteiger partial charge < -0.3 is 19.9 Å². The number of rotatable bonds is 5. The van der Waals surface area contributed by atoms with Crippen LogP contribution < -0.4 is 14.8 Å². The van der Waals surface area contributed by atoms with Gasteiger partial charge in [0.25, 0.3) is 0 Å². The minimum Gasteiger partial charge on any atom is -0.493 e. The summed E-state index contributed by atoms with van der Waals surface area (Å²) in [5.74, 6) is 2.08. The van der Waals surface area contributed by atoms with Gasteiger partial charge in [0.2, 0.25) is 0 Å². The van der Waals surface area contributed by atoms with E-state index in [1.165, 1.54) is 6.42 Å². The summed E-state index contributed by atoms with van der Waals surface area (Å²) >= 11 is 0. The summed E-state index contributed by atoms with van der Waals surface area (Å²) in [6.45, 7) is 5.15. The van der Waals surface area contributed by atoms with Crippen molar-refractivity contribution in [3.63, 3.8) is 0 Å². The number of hydrogen-bond donors (Lipinski definition) is 2. The largest absolute Gasteiger partial charge is 0.493 e. The molecule has 0 bridgehead atoms. The Morgan fingerprint density at radius 2 is 2.00 bits per heavy atom. The van der Waals surface area contributed by atoms with Crippen molar-refractivity contribution >= 4 is 0 Å². The monoisotopic (exact) mass is 293 g/mol. The van der Waals surface area contributed by atoms with Crippen LogP contribution in [0.5, 0.6) is 11.5 Å². The molecule has 1 saturated heterocycles. The summed E-state index contributed by atoms with van der Waals surface area (Å²) in [6, 6.07) is 5.96. The Bertz CT molecular complexity index is 473. The average Bonchev–Trinajstić information content (AvgIpc) is 2.46. The van der Waals surface area contributed by atoms with Gasteiger partial charge in [-0.1, -0.05) is 13.0 Å². The first-order valence-electron chi connectivity index (χ1n) is 7.63. The van der Waals surface area contributed by atoms with Crippen molar-refractivity contribution in [2.24, 2.45) is 5.92 Å². The van der Waals surface area contributed by atoms with Crippen LogP contribution >= 0.6 is 0 Å². The Morgan fingerprint density at radius 3 is 2.62 bits per heavy atom. The molecule has 1 heterocycles. The molecule has 2 N–H and O–H groups in total. The molecule has 0 saturated carbocycles. The zero-order valence-corrected chi connectivity index (χ0v) is 13.5. The summed E-state index contributed by atoms with van der Waals surface area (Å²) < 4.78 is 10.6. The molecule has 0 radical (unpaired) electrons. The third-order valence-electron chi connectivity index (χ3n) is 4.43. The van der Waals surface area contributed by atoms with Crippen LogP contribution in [-0.4, -0.2) is 37.5 Å². The number of benzene rings is 1. The van der Waals surface area contributed by atoms with Gasteiger partial charge in [0.15, 0.2) is 11.5 Å². The highest BCUT2D eigenvalue weighted by Crippen LogP contribution is 2.31. The summed E-state index contributed by atoms with van der Waals surface area (Å²) in [7, 11) is 3.26. The van der Waals surface area contributed by atoms with Crippen LogP contribution in [0.4, 0.5) is 0 Å². The summed E-state index contributed by atoms with van der Waals surface area (Å²) in [5.41, 5.74) is 0.284. The van der Waals surface area contributed by atoms with Crippen LogP contribution in [0, 0.1) is 5.92 Å². The molecule has 1 aromatic rings. The van der Waals surface area contributed by atoms with E-state index in [-0.39, 0.29) is 6.04 Å². The maximum Gasteiger partial charge on any atom is 0.160 e. The number of nitrogens with one attached hydrogen (secondary N) is 1. The van der Waals surface area contributed by atoms with Crippen molar-refractivity contribution in [3.05, 3.63) is 23.8 Å². The van der Waals surface area contributed by atoms with Gasteiger partial charge in [0, 0.05) is 12.5 Å². The van der Waals surface area contributed by atoms with E-state index in [0.29, 0.717) is 23.8 Å². The standard InChI is InChI=1S/C17H27NO3/c1-12-7-8-18-16(9-12)17(2,19)11-13-5-6-14(20-3)15(10-13)21-4/h5-6,10,12,16,18-19H,7-9,11H2,1-4H3. The van der Waals surface area contributed by atoms with Gasteiger partial charge in [-0.15, -0.1) is 0 Å². The van der Waals surface area contributed by atoms with Gasteiger partial charge >= 0.3 is 0 Å². The molecule has 0 amide bonds. The molecular formula is C17H27NO3. The Kier molecular flexibility index (Phi) is 5.12. The molecule has 1 fully saturated rings. The van der Waals surface area contributed by atoms with E-state index in [1.54, 1.807) is 14.2 Å². The molecular weight excluding hydrogens is 266 g/mol. The fraction of sp³-hybridized carbons (Fsp3) is 0.647. The van der Waals surface area contributed by atoms with Gasteiger partial charge in [-0.3, -0.25) is 0 Å². The lowest BCUT2D eigenvalue weighted by Gasteiger charge is -2.39. The van der Waals surface area contributed by atoms with Gasteiger partial charge in [0.1, 0.15) is 0 Å². The lowest BCUT2D eigenvalue weighted by molar-refractivity contribution is 0.00334. The molecule has 0 aromatic heterocycles. The molecule has 1 aromatic carbocycles. The zero-order chi connectivity index (χ0) is 15.5. The molecule has 0 spiro atoms. The van der Waals surface area contributed by atoms with Gasteiger partial charge in [-0.25, -0.2) is 0 Å². The second-order valence-electron chi connectivity index (χ2n) is 6.36. The quantitative estimate of drug-likeness (QED) is 0.875. The van der Waals surface area contributed by atoms with Crippen molar-refractivity contribution in [2.75, 3.05) is 20.8 Å². The lowest BCUT2D eigenvalue weighted by atomic mass is 9.81. The maximum atomic E-state index is 10.9. The minimum atomic E-state index is -0.770. The number of piperidine rings is 1. The Labute approximate surface area is 127 Å². The fourth-order valence-corrected chi connectivity index (χ4v) is 3.11. The third kappa shape index (κ3) is 3.89. The summed E-state index contributed by atoms with van der Waals surface area (Å²) in [4.78, 5) is 0. The topological polar surface area (TPSA) is 50.7 Å². The zero-order valence-electron chi connectivity index (χ0n) is 13.5. The van der Waals surface area contributed by atoms with E-state index in [2.05, 4.69) is 12.2 Å². The van der Waals surface area contributed by atoms with Crippen molar-refractivity contribution in [3.8, 4) is 11.5 Å². The molecule has 3 unspecified atom stereocenters. The van der Waals surface area contributed by atoms with Crippen molar-refractivity contribution in [2.45, 2.75) is 44.8 Å². The minimum absolute atomic E-state index is 0.134. The SMILES string of the molecule is COc1ccc(CC(C)(O)C2CC(C)CCN2)cc1OC. The predicted molar refractivity (Wildman–Crippen MR) is 84.1 cm³/mol. The van der Waals surface area contributed by atoms with E-state index in [4.69, 9.17) is 9.47 Å². The fourth-order valence-electron chi connectivity index (χ4n) is 3.11. The Balaban J connectivity index is 2.12. The van der Waals surface area contributed by atoms with E-state index < -0.39 is 5.60 Å². The van der Waals surface area contributed by atoms with Crippen LogP contribution in [0.15, 0.2) is 18.2 Å². The highest BCUT2D eigenvalue weighted by atomic mass is 16.5. The van der Waals surface area contributed by atoms with Crippen LogP contribution in [0.2, 0.25) is 0 Å². The highest BCUT2D eigenvalue weighted by molar-refractivity contribution is 5.43. The van der Waals surface area contributed by atoms with E-state index in [1.807, 2.05) is 25.1 Å². The second kappa shape index (κ2) is 6.67. The molecule has 1 aliphatic rings. The van der Waals surface area contributed by atoms with Gasteiger partial charge in [-0.2, -0.15) is 0 Å². The van der Waals surface area contributed by atoms with Crippen LogP contribution in [0.1, 0.15) is 32.3 Å². The molecule has 3 atom stereocenters. The highest BCUT2D eigenvalue weighted by Gasteiger charge is 2.34. The normalized spacial score (nSPS) is 25.2. The molecule has 4 nitrogen and oxygen atoms in total. The molecule has 0 aliphatic carbocycles. The molecule has 1 aliphatic heterocycles. The summed E-state index contributed by atoms with van der Waals surface area (Å²) in [5, 5.41) is 14.3. The first-order valence-corrected chi connectivity index (χ1v) is 7.63. The first kappa shape index (κ1) is 16.1. The van der Waals surface area contributed by atoms with Gasteiger partial charge in [-0.05, 0) is 49.9 Å². The van der Waals surface area contributed by atoms with Crippen LogP contribution in [0.25, 0.3) is 0 Å². The molecule has 118 valence electrons. The predicted octanol–water partition coefficient (Wildman–Crippen LogP) is 2.39. The number of ether oxygens (including phenoxy) is 2. The average molecular weight is 293 g/mol. The number of methoxy groups -OCH3 is 2. The Morgan fingerprint density at radius 1 is 1.29 bits per heavy atom. The van der Waals surface area contributed by atoms with Crippen molar-refractivity contribution in [1.82, 2.24) is 5.32 Å². The van der Waals surface area contributed by atoms with E-state index >= 15 is 0 Å². The van der Waals surface area contributed by atoms with Crippen molar-refractivity contribution < 1.29 is 14.6 Å². The summed E-state index contributed by atoms with van der Waals surface area (Å²) in [6.07, 6.45) is 2.79. The van der Waals surface area contributed by atoms with Gasteiger partial charge in [0.05, 0.1) is 19.8 Å². The number of aliphatic hydroxyl groups is 1. The first-order chi connectivity index (χ1) is 9.96. The molecule has 21 heavy (non-hydrogen) atoms. The lowest BCUT2D eigenvalue weighted by Crippen LogP contribution is -2.53. The van der Waals surface area contributed by atoms with Crippen molar-refractivity contribution in [1.29, 1.82) is 0 Å². The second-order valence-corrected chi connectivity index (χ2v) is 6.36. The van der Waals surface area contributed by atoms with E-state index in [0.717, 1.165) is 18.5 Å². The molecule has 4 heteroatoms. The van der Waals surface area contributed by atoms with E-state index in [9.17, 15) is 5.11 Å². The molecule has 2 rings (SSSR count).